The van der Waals surface area contributed by atoms with Crippen LogP contribution in [0.1, 0.15) is 24.0 Å². The monoisotopic (exact) mass is 394 g/mol. The van der Waals surface area contributed by atoms with Crippen molar-refractivity contribution in [3.05, 3.63) is 39.9 Å². The van der Waals surface area contributed by atoms with E-state index in [4.69, 9.17) is 0 Å². The second-order valence-electron chi connectivity index (χ2n) is 5.11. The van der Waals surface area contributed by atoms with Crippen molar-refractivity contribution in [3.8, 4) is 0 Å². The van der Waals surface area contributed by atoms with Crippen LogP contribution in [0.5, 0.6) is 0 Å². The Balaban J connectivity index is 2.27. The molecule has 10 heteroatoms. The molecule has 0 aliphatic carbocycles. The van der Waals surface area contributed by atoms with Crippen molar-refractivity contribution < 1.29 is 16.8 Å². The van der Waals surface area contributed by atoms with Crippen LogP contribution in [0.15, 0.2) is 39.2 Å². The summed E-state index contributed by atoms with van der Waals surface area (Å²) >= 11 is 2.41. The molecule has 0 radical (unpaired) electrons. The molecule has 0 spiro atoms. The number of hydrogen-bond acceptors (Lipinski definition) is 6. The van der Waals surface area contributed by atoms with E-state index in [-0.39, 0.29) is 16.8 Å². The van der Waals surface area contributed by atoms with Gasteiger partial charge in [0.1, 0.15) is 9.46 Å². The van der Waals surface area contributed by atoms with Crippen molar-refractivity contribution in [3.63, 3.8) is 0 Å². The van der Waals surface area contributed by atoms with Gasteiger partial charge in [0.25, 0.3) is 10.2 Å². The van der Waals surface area contributed by atoms with Gasteiger partial charge in [-0.2, -0.15) is 13.1 Å². The molecule has 0 saturated carbocycles. The third-order valence-corrected chi connectivity index (χ3v) is 8.84. The molecule has 6 nitrogen and oxygen atoms in total. The number of nitrogens with one attached hydrogen (secondary N) is 2. The largest absolute Gasteiger partial charge is 0.277 e. The van der Waals surface area contributed by atoms with Gasteiger partial charge < -0.3 is 0 Å². The maximum Gasteiger partial charge on any atom is 0.277 e. The van der Waals surface area contributed by atoms with Crippen LogP contribution >= 0.6 is 22.7 Å². The molecule has 0 saturated heterocycles. The number of hydrogen-bond donors (Lipinski definition) is 2. The Kier molecular flexibility index (Phi) is 5.98. The summed E-state index contributed by atoms with van der Waals surface area (Å²) in [6.07, 6.45) is 0. The van der Waals surface area contributed by atoms with Crippen molar-refractivity contribution in [2.24, 2.45) is 0 Å². The molecular formula is C13H18N2O4S4. The van der Waals surface area contributed by atoms with Gasteiger partial charge in [-0.1, -0.05) is 12.1 Å². The fourth-order valence-corrected chi connectivity index (χ4v) is 7.13. The minimum absolute atomic E-state index is 0.219. The zero-order valence-electron chi connectivity index (χ0n) is 12.6. The Hall–Kier alpha value is -0.780. The summed E-state index contributed by atoms with van der Waals surface area (Å²) < 4.78 is 54.4. The van der Waals surface area contributed by atoms with E-state index < -0.39 is 25.3 Å². The van der Waals surface area contributed by atoms with Crippen LogP contribution in [-0.2, 0) is 20.0 Å². The van der Waals surface area contributed by atoms with E-state index in [0.29, 0.717) is 4.88 Å². The van der Waals surface area contributed by atoms with E-state index in [1.54, 1.807) is 42.8 Å². The third-order valence-electron chi connectivity index (χ3n) is 2.86. The van der Waals surface area contributed by atoms with Gasteiger partial charge in [-0.15, -0.1) is 22.7 Å². The Labute approximate surface area is 144 Å². The Morgan fingerprint density at radius 2 is 1.70 bits per heavy atom. The first kappa shape index (κ1) is 18.6. The summed E-state index contributed by atoms with van der Waals surface area (Å²) in [5, 5.41) is 2.50. The average Bonchev–Trinajstić information content (AvgIpc) is 3.10. The van der Waals surface area contributed by atoms with E-state index in [1.165, 1.54) is 17.4 Å². The van der Waals surface area contributed by atoms with Crippen molar-refractivity contribution in [1.29, 1.82) is 0 Å². The van der Waals surface area contributed by atoms with Gasteiger partial charge in [-0.3, -0.25) is 0 Å². The summed E-state index contributed by atoms with van der Waals surface area (Å²) in [6.45, 7) is 3.17. The molecule has 1 unspecified atom stereocenters. The standard InChI is InChI=1S/C13H18N2O4S4/c1-10(2)15-23(18,19)14-9-12(11-5-3-7-20-11)22(16,17)13-6-4-8-21-13/h3-8,10,12,14-15H,9H2,1-2H3. The van der Waals surface area contributed by atoms with Gasteiger partial charge >= 0.3 is 0 Å². The molecule has 128 valence electrons. The van der Waals surface area contributed by atoms with Crippen LogP contribution in [0, 0.1) is 0 Å². The topological polar surface area (TPSA) is 92.3 Å². The summed E-state index contributed by atoms with van der Waals surface area (Å²) in [6, 6.07) is 6.36. The van der Waals surface area contributed by atoms with Crippen molar-refractivity contribution >= 4 is 42.7 Å². The van der Waals surface area contributed by atoms with Crippen LogP contribution in [0.4, 0.5) is 0 Å². The molecule has 2 rings (SSSR count). The maximum atomic E-state index is 12.8. The molecule has 0 aliphatic rings. The first-order chi connectivity index (χ1) is 10.7. The summed E-state index contributed by atoms with van der Waals surface area (Å²) in [4.78, 5) is 0.602. The zero-order valence-corrected chi connectivity index (χ0v) is 15.9. The van der Waals surface area contributed by atoms with Gasteiger partial charge in [-0.05, 0) is 36.7 Å². The molecule has 0 amide bonds. The van der Waals surface area contributed by atoms with E-state index in [1.807, 2.05) is 0 Å². The van der Waals surface area contributed by atoms with Crippen molar-refractivity contribution in [2.75, 3.05) is 6.54 Å². The van der Waals surface area contributed by atoms with Gasteiger partial charge in [0.05, 0.1) is 0 Å². The molecule has 1 atom stereocenters. The molecule has 2 heterocycles. The van der Waals surface area contributed by atoms with Crippen LogP contribution < -0.4 is 9.44 Å². The highest BCUT2D eigenvalue weighted by Gasteiger charge is 2.32. The second kappa shape index (κ2) is 7.41. The zero-order chi connectivity index (χ0) is 17.1. The van der Waals surface area contributed by atoms with Gasteiger partial charge in [0.2, 0.25) is 0 Å². The SMILES string of the molecule is CC(C)NS(=O)(=O)NCC(c1cccs1)S(=O)(=O)c1cccs1. The van der Waals surface area contributed by atoms with Crippen LogP contribution in [0.2, 0.25) is 0 Å². The van der Waals surface area contributed by atoms with Gasteiger partial charge in [0.15, 0.2) is 9.84 Å². The minimum Gasteiger partial charge on any atom is -0.222 e. The lowest BCUT2D eigenvalue weighted by Gasteiger charge is -2.17. The van der Waals surface area contributed by atoms with E-state index in [9.17, 15) is 16.8 Å². The highest BCUT2D eigenvalue weighted by Crippen LogP contribution is 2.33. The average molecular weight is 395 g/mol. The molecule has 0 bridgehead atoms. The molecular weight excluding hydrogens is 376 g/mol. The number of rotatable bonds is 8. The van der Waals surface area contributed by atoms with Crippen molar-refractivity contribution in [1.82, 2.24) is 9.44 Å². The molecule has 0 aromatic carbocycles. The summed E-state index contributed by atoms with van der Waals surface area (Å²) in [5.74, 6) is 0. The second-order valence-corrected chi connectivity index (χ2v) is 10.9. The van der Waals surface area contributed by atoms with E-state index in [2.05, 4.69) is 9.44 Å². The Morgan fingerprint density at radius 1 is 1.04 bits per heavy atom. The smallest absolute Gasteiger partial charge is 0.222 e. The fourth-order valence-electron chi connectivity index (χ4n) is 1.94. The van der Waals surface area contributed by atoms with Gasteiger partial charge in [-0.25, -0.2) is 13.1 Å². The Morgan fingerprint density at radius 3 is 2.22 bits per heavy atom. The highest BCUT2D eigenvalue weighted by atomic mass is 32.2. The Bertz CT molecular complexity index is 809. The molecule has 2 aromatic heterocycles. The first-order valence-corrected chi connectivity index (χ1v) is 11.6. The van der Waals surface area contributed by atoms with Gasteiger partial charge in [0, 0.05) is 17.5 Å². The maximum absolute atomic E-state index is 12.8. The van der Waals surface area contributed by atoms with Crippen LogP contribution in [0.25, 0.3) is 0 Å². The highest BCUT2D eigenvalue weighted by molar-refractivity contribution is 7.94. The van der Waals surface area contributed by atoms with Crippen LogP contribution in [0.3, 0.4) is 0 Å². The van der Waals surface area contributed by atoms with E-state index >= 15 is 0 Å². The quantitative estimate of drug-likeness (QED) is 0.718. The summed E-state index contributed by atoms with van der Waals surface area (Å²) in [5.41, 5.74) is 0. The molecule has 2 aromatic rings. The molecule has 0 aliphatic heterocycles. The fraction of sp³-hybridized carbons (Fsp3) is 0.385. The molecule has 0 fully saturated rings. The minimum atomic E-state index is -3.75. The van der Waals surface area contributed by atoms with Crippen molar-refractivity contribution in [2.45, 2.75) is 29.3 Å². The lowest BCUT2D eigenvalue weighted by atomic mass is 10.3. The molecule has 23 heavy (non-hydrogen) atoms. The predicted molar refractivity (Wildman–Crippen MR) is 93.8 cm³/mol. The predicted octanol–water partition coefficient (Wildman–Crippen LogP) is 2.16. The normalized spacial score (nSPS) is 14.2. The van der Waals surface area contributed by atoms with E-state index in [0.717, 1.165) is 11.3 Å². The summed E-state index contributed by atoms with van der Waals surface area (Å²) in [7, 11) is -7.41. The molecule has 2 N–H and O–H groups in total. The third kappa shape index (κ3) is 4.85. The number of sulfone groups is 1. The lowest BCUT2D eigenvalue weighted by molar-refractivity contribution is 0.551. The lowest BCUT2D eigenvalue weighted by Crippen LogP contribution is -2.42. The first-order valence-electron chi connectivity index (χ1n) is 6.80. The number of thiophene rings is 2. The van der Waals surface area contributed by atoms with Crippen LogP contribution in [-0.4, -0.2) is 29.4 Å².